The maximum absolute atomic E-state index is 6.19. The summed E-state index contributed by atoms with van der Waals surface area (Å²) in [7, 11) is 0. The highest BCUT2D eigenvalue weighted by Gasteiger charge is 2.12. The highest BCUT2D eigenvalue weighted by Crippen LogP contribution is 2.28. The Hall–Kier alpha value is -1.02. The molecule has 0 radical (unpaired) electrons. The van der Waals surface area contributed by atoms with Gasteiger partial charge in [0, 0.05) is 5.54 Å². The van der Waals surface area contributed by atoms with Crippen molar-refractivity contribution in [1.29, 1.82) is 0 Å². The fourth-order valence-electron chi connectivity index (χ4n) is 2.35. The number of benzene rings is 1. The molecule has 21 heavy (non-hydrogen) atoms. The molecule has 120 valence electrons. The summed E-state index contributed by atoms with van der Waals surface area (Å²) in [5.74, 6) is 1.55. The van der Waals surface area contributed by atoms with Gasteiger partial charge in [-0.1, -0.05) is 26.0 Å². The van der Waals surface area contributed by atoms with Gasteiger partial charge in [0.15, 0.2) is 0 Å². The molecule has 1 aromatic carbocycles. The van der Waals surface area contributed by atoms with Gasteiger partial charge >= 0.3 is 0 Å². The van der Waals surface area contributed by atoms with Gasteiger partial charge in [-0.25, -0.2) is 0 Å². The molecule has 0 aliphatic rings. The fraction of sp³-hybridized carbons (Fsp3) is 0.684. The lowest BCUT2D eigenvalue weighted by molar-refractivity contribution is 0.203. The van der Waals surface area contributed by atoms with Crippen LogP contribution in [0.2, 0.25) is 0 Å². The number of ether oxygens (including phenoxy) is 1. The summed E-state index contributed by atoms with van der Waals surface area (Å²) in [6, 6.07) is 6.53. The van der Waals surface area contributed by atoms with Gasteiger partial charge in [0.1, 0.15) is 5.75 Å². The molecule has 1 rings (SSSR count). The van der Waals surface area contributed by atoms with Gasteiger partial charge in [0.2, 0.25) is 0 Å². The molecule has 1 atom stereocenters. The van der Waals surface area contributed by atoms with Crippen LogP contribution in [0.3, 0.4) is 0 Å². The predicted molar refractivity (Wildman–Crippen MR) is 92.3 cm³/mol. The second-order valence-electron chi connectivity index (χ2n) is 7.44. The molecule has 0 fully saturated rings. The van der Waals surface area contributed by atoms with Crippen LogP contribution in [0.25, 0.3) is 0 Å². The summed E-state index contributed by atoms with van der Waals surface area (Å²) >= 11 is 0. The minimum absolute atomic E-state index is 0.200. The zero-order valence-electron chi connectivity index (χ0n) is 14.9. The zero-order chi connectivity index (χ0) is 16.0. The maximum Gasteiger partial charge on any atom is 0.123 e. The van der Waals surface area contributed by atoms with Gasteiger partial charge in [-0.15, -0.1) is 0 Å². The quantitative estimate of drug-likeness (QED) is 0.709. The Balaban J connectivity index is 2.51. The lowest BCUT2D eigenvalue weighted by Gasteiger charge is -2.22. The van der Waals surface area contributed by atoms with Gasteiger partial charge in [0.05, 0.1) is 6.10 Å². The van der Waals surface area contributed by atoms with E-state index >= 15 is 0 Å². The van der Waals surface area contributed by atoms with Crippen LogP contribution in [0.1, 0.15) is 71.4 Å². The second-order valence-corrected chi connectivity index (χ2v) is 7.44. The Morgan fingerprint density at radius 1 is 1.14 bits per heavy atom. The standard InChI is InChI=1S/C19H33NO/c1-14(2)17-11-10-15(3)13-18(17)21-16(4)9-8-12-20-19(5,6)7/h10-11,13-14,16,20H,8-9,12H2,1-7H3. The molecule has 0 aliphatic carbocycles. The molecular formula is C19H33NO. The van der Waals surface area contributed by atoms with Crippen LogP contribution in [-0.2, 0) is 0 Å². The third-order valence-electron chi connectivity index (χ3n) is 3.56. The summed E-state index contributed by atoms with van der Waals surface area (Å²) in [5.41, 5.74) is 2.77. The third-order valence-corrected chi connectivity index (χ3v) is 3.56. The number of aryl methyl sites for hydroxylation is 1. The van der Waals surface area contributed by atoms with E-state index in [4.69, 9.17) is 4.74 Å². The molecular weight excluding hydrogens is 258 g/mol. The Morgan fingerprint density at radius 2 is 1.81 bits per heavy atom. The van der Waals surface area contributed by atoms with E-state index in [1.54, 1.807) is 0 Å². The molecule has 1 N–H and O–H groups in total. The van der Waals surface area contributed by atoms with Crippen molar-refractivity contribution >= 4 is 0 Å². The number of nitrogens with one attached hydrogen (secondary N) is 1. The van der Waals surface area contributed by atoms with E-state index in [9.17, 15) is 0 Å². The molecule has 0 bridgehead atoms. The largest absolute Gasteiger partial charge is 0.490 e. The van der Waals surface area contributed by atoms with Gasteiger partial charge in [-0.3, -0.25) is 0 Å². The first-order valence-electron chi connectivity index (χ1n) is 8.21. The van der Waals surface area contributed by atoms with Crippen molar-refractivity contribution in [2.45, 2.75) is 78.9 Å². The molecule has 0 aromatic heterocycles. The van der Waals surface area contributed by atoms with Crippen molar-refractivity contribution in [1.82, 2.24) is 5.32 Å². The second kappa shape index (κ2) is 7.84. The smallest absolute Gasteiger partial charge is 0.123 e. The van der Waals surface area contributed by atoms with Crippen LogP contribution >= 0.6 is 0 Å². The summed E-state index contributed by atoms with van der Waals surface area (Å²) in [6.07, 6.45) is 2.47. The minimum Gasteiger partial charge on any atom is -0.490 e. The monoisotopic (exact) mass is 291 g/mol. The normalized spacial score (nSPS) is 13.5. The number of hydrogen-bond acceptors (Lipinski definition) is 2. The van der Waals surface area contributed by atoms with E-state index in [2.05, 4.69) is 72.0 Å². The van der Waals surface area contributed by atoms with Crippen molar-refractivity contribution < 1.29 is 4.74 Å². The lowest BCUT2D eigenvalue weighted by atomic mass is 10.0. The summed E-state index contributed by atoms with van der Waals surface area (Å²) in [6.45, 7) is 16.4. The average molecular weight is 291 g/mol. The zero-order valence-corrected chi connectivity index (χ0v) is 14.9. The van der Waals surface area contributed by atoms with E-state index in [-0.39, 0.29) is 11.6 Å². The van der Waals surface area contributed by atoms with Crippen LogP contribution in [0.4, 0.5) is 0 Å². The van der Waals surface area contributed by atoms with Crippen molar-refractivity contribution in [3.8, 4) is 5.75 Å². The van der Waals surface area contributed by atoms with E-state index in [1.807, 2.05) is 0 Å². The van der Waals surface area contributed by atoms with Crippen molar-refractivity contribution in [2.24, 2.45) is 0 Å². The minimum atomic E-state index is 0.200. The molecule has 2 heteroatoms. The predicted octanol–water partition coefficient (Wildman–Crippen LogP) is 5.05. The van der Waals surface area contributed by atoms with Gasteiger partial charge < -0.3 is 10.1 Å². The van der Waals surface area contributed by atoms with E-state index in [1.165, 1.54) is 11.1 Å². The van der Waals surface area contributed by atoms with Crippen LogP contribution in [0, 0.1) is 6.92 Å². The van der Waals surface area contributed by atoms with Crippen molar-refractivity contribution in [3.63, 3.8) is 0 Å². The summed E-state index contributed by atoms with van der Waals surface area (Å²) < 4.78 is 6.19. The molecule has 0 amide bonds. The molecule has 2 nitrogen and oxygen atoms in total. The number of rotatable bonds is 7. The van der Waals surface area contributed by atoms with E-state index in [0.29, 0.717) is 5.92 Å². The molecule has 1 unspecified atom stereocenters. The highest BCUT2D eigenvalue weighted by molar-refractivity contribution is 5.39. The average Bonchev–Trinajstić information content (AvgIpc) is 2.33. The van der Waals surface area contributed by atoms with Crippen LogP contribution in [0.15, 0.2) is 18.2 Å². The first-order chi connectivity index (χ1) is 9.69. The molecule has 1 aromatic rings. The summed E-state index contributed by atoms with van der Waals surface area (Å²) in [4.78, 5) is 0. The Labute approximate surface area is 131 Å². The lowest BCUT2D eigenvalue weighted by Crippen LogP contribution is -2.36. The molecule has 0 aliphatic heterocycles. The number of hydrogen-bond donors (Lipinski definition) is 1. The topological polar surface area (TPSA) is 21.3 Å². The van der Waals surface area contributed by atoms with E-state index < -0.39 is 0 Å². The van der Waals surface area contributed by atoms with Gasteiger partial charge in [-0.05, 0) is 77.1 Å². The first-order valence-corrected chi connectivity index (χ1v) is 8.21. The summed E-state index contributed by atoms with van der Waals surface area (Å²) in [5, 5.41) is 3.52. The highest BCUT2D eigenvalue weighted by atomic mass is 16.5. The Kier molecular flexibility index (Phi) is 6.73. The van der Waals surface area contributed by atoms with Gasteiger partial charge in [-0.2, -0.15) is 0 Å². The molecule has 0 spiro atoms. The first kappa shape index (κ1) is 18.0. The molecule has 0 saturated carbocycles. The van der Waals surface area contributed by atoms with Crippen LogP contribution in [-0.4, -0.2) is 18.2 Å². The van der Waals surface area contributed by atoms with Crippen molar-refractivity contribution in [3.05, 3.63) is 29.3 Å². The Bertz CT molecular complexity index is 432. The Morgan fingerprint density at radius 3 is 2.38 bits per heavy atom. The fourth-order valence-corrected chi connectivity index (χ4v) is 2.35. The molecule has 0 saturated heterocycles. The third kappa shape index (κ3) is 6.99. The SMILES string of the molecule is Cc1ccc(C(C)C)c(OC(C)CCCNC(C)(C)C)c1. The van der Waals surface area contributed by atoms with Crippen molar-refractivity contribution in [2.75, 3.05) is 6.54 Å². The molecule has 0 heterocycles. The van der Waals surface area contributed by atoms with Crippen LogP contribution < -0.4 is 10.1 Å². The van der Waals surface area contributed by atoms with E-state index in [0.717, 1.165) is 25.1 Å². The van der Waals surface area contributed by atoms with Gasteiger partial charge in [0.25, 0.3) is 0 Å². The van der Waals surface area contributed by atoms with Crippen LogP contribution in [0.5, 0.6) is 5.75 Å². The maximum atomic E-state index is 6.19.